The van der Waals surface area contributed by atoms with Crippen LogP contribution in [-0.2, 0) is 0 Å². The highest BCUT2D eigenvalue weighted by Crippen LogP contribution is 2.19. The van der Waals surface area contributed by atoms with Gasteiger partial charge in [0.05, 0.1) is 5.52 Å². The van der Waals surface area contributed by atoms with Gasteiger partial charge in [-0.1, -0.05) is 0 Å². The van der Waals surface area contributed by atoms with Gasteiger partial charge in [0, 0.05) is 31.2 Å². The van der Waals surface area contributed by atoms with Crippen LogP contribution in [0.2, 0.25) is 0 Å². The van der Waals surface area contributed by atoms with Crippen LogP contribution in [0, 0.1) is 0 Å². The van der Waals surface area contributed by atoms with E-state index in [1.54, 1.807) is 32.3 Å². The number of nitrogens with two attached hydrogens (primary N) is 1. The number of carbonyl (C=O) groups is 1. The Kier molecular flexibility index (Phi) is 2.82. The first-order chi connectivity index (χ1) is 8.06. The van der Waals surface area contributed by atoms with Crippen molar-refractivity contribution in [1.82, 2.24) is 9.88 Å². The summed E-state index contributed by atoms with van der Waals surface area (Å²) in [6, 6.07) is 8.82. The van der Waals surface area contributed by atoms with Gasteiger partial charge in [-0.25, -0.2) is 9.78 Å². The van der Waals surface area contributed by atoms with Crippen molar-refractivity contribution in [2.75, 3.05) is 19.8 Å². The Balaban J connectivity index is 2.32. The van der Waals surface area contributed by atoms with E-state index >= 15 is 0 Å². The zero-order chi connectivity index (χ0) is 12.4. The molecule has 0 spiro atoms. The first-order valence-corrected chi connectivity index (χ1v) is 5.12. The molecule has 0 saturated heterocycles. The molecule has 2 aromatic rings. The Morgan fingerprint density at radius 1 is 1.29 bits per heavy atom. The van der Waals surface area contributed by atoms with Crippen LogP contribution in [0.3, 0.4) is 0 Å². The number of carbonyl (C=O) groups excluding carboxylic acids is 1. The molecular formula is C12H13N3O2. The van der Waals surface area contributed by atoms with E-state index in [2.05, 4.69) is 4.98 Å². The molecule has 1 aromatic heterocycles. The summed E-state index contributed by atoms with van der Waals surface area (Å²) in [6.07, 6.45) is -0.452. The summed E-state index contributed by atoms with van der Waals surface area (Å²) in [4.78, 5) is 16.9. The van der Waals surface area contributed by atoms with Gasteiger partial charge in [0.25, 0.3) is 0 Å². The Bertz CT molecular complexity index is 567. The van der Waals surface area contributed by atoms with Gasteiger partial charge in [-0.15, -0.1) is 0 Å². The van der Waals surface area contributed by atoms with Crippen LogP contribution in [0.1, 0.15) is 0 Å². The number of fused-ring (bicyclic) bond motifs is 1. The van der Waals surface area contributed by atoms with Crippen molar-refractivity contribution >= 4 is 22.7 Å². The molecule has 2 N–H and O–H groups in total. The highest BCUT2D eigenvalue weighted by Gasteiger charge is 2.08. The fourth-order valence-corrected chi connectivity index (χ4v) is 1.36. The van der Waals surface area contributed by atoms with E-state index in [1.807, 2.05) is 12.1 Å². The second kappa shape index (κ2) is 4.29. The summed E-state index contributed by atoms with van der Waals surface area (Å²) in [5.41, 5.74) is 7.08. The standard InChI is InChI=1S/C12H13N3O2/c1-15(2)12(16)17-11-6-3-8-7-9(13)4-5-10(8)14-11/h3-7H,13H2,1-2H3. The molecule has 1 aromatic carbocycles. The summed E-state index contributed by atoms with van der Waals surface area (Å²) in [7, 11) is 3.23. The number of ether oxygens (including phenoxy) is 1. The Hall–Kier alpha value is -2.30. The maximum absolute atomic E-state index is 11.3. The first-order valence-electron chi connectivity index (χ1n) is 5.12. The van der Waals surface area contributed by atoms with Crippen LogP contribution >= 0.6 is 0 Å². The zero-order valence-corrected chi connectivity index (χ0v) is 9.68. The minimum atomic E-state index is -0.452. The molecule has 1 amide bonds. The molecule has 17 heavy (non-hydrogen) atoms. The van der Waals surface area contributed by atoms with Gasteiger partial charge in [-0.05, 0) is 24.3 Å². The number of benzene rings is 1. The quantitative estimate of drug-likeness (QED) is 0.761. The molecule has 0 saturated carbocycles. The fraction of sp³-hybridized carbons (Fsp3) is 0.167. The van der Waals surface area contributed by atoms with Crippen molar-refractivity contribution in [3.8, 4) is 5.88 Å². The van der Waals surface area contributed by atoms with E-state index in [4.69, 9.17) is 10.5 Å². The van der Waals surface area contributed by atoms with Gasteiger partial charge in [0.15, 0.2) is 0 Å². The Morgan fingerprint density at radius 3 is 2.76 bits per heavy atom. The van der Waals surface area contributed by atoms with Crippen LogP contribution in [0.4, 0.5) is 10.5 Å². The molecule has 0 atom stereocenters. The van der Waals surface area contributed by atoms with Gasteiger partial charge >= 0.3 is 6.09 Å². The zero-order valence-electron chi connectivity index (χ0n) is 9.68. The average molecular weight is 231 g/mol. The van der Waals surface area contributed by atoms with E-state index in [1.165, 1.54) is 4.90 Å². The van der Waals surface area contributed by atoms with Gasteiger partial charge in [0.1, 0.15) is 0 Å². The van der Waals surface area contributed by atoms with E-state index in [-0.39, 0.29) is 5.88 Å². The molecular weight excluding hydrogens is 218 g/mol. The lowest BCUT2D eigenvalue weighted by molar-refractivity contribution is 0.170. The highest BCUT2D eigenvalue weighted by molar-refractivity contribution is 5.82. The summed E-state index contributed by atoms with van der Waals surface area (Å²) in [5.74, 6) is 0.279. The van der Waals surface area contributed by atoms with Gasteiger partial charge in [-0.2, -0.15) is 0 Å². The summed E-state index contributed by atoms with van der Waals surface area (Å²) >= 11 is 0. The Morgan fingerprint density at radius 2 is 2.06 bits per heavy atom. The molecule has 1 heterocycles. The third kappa shape index (κ3) is 2.44. The molecule has 5 heteroatoms. The molecule has 0 fully saturated rings. The summed E-state index contributed by atoms with van der Waals surface area (Å²) in [5, 5.41) is 0.912. The lowest BCUT2D eigenvalue weighted by Crippen LogP contribution is -2.25. The maximum Gasteiger partial charge on any atom is 0.416 e. The van der Waals surface area contributed by atoms with Gasteiger partial charge in [-0.3, -0.25) is 0 Å². The maximum atomic E-state index is 11.3. The summed E-state index contributed by atoms with van der Waals surface area (Å²) in [6.45, 7) is 0. The second-order valence-electron chi connectivity index (χ2n) is 3.86. The molecule has 88 valence electrons. The van der Waals surface area contributed by atoms with Crippen molar-refractivity contribution in [2.45, 2.75) is 0 Å². The van der Waals surface area contributed by atoms with Crippen LogP contribution in [0.25, 0.3) is 10.9 Å². The van der Waals surface area contributed by atoms with Crippen LogP contribution in [0.15, 0.2) is 30.3 Å². The predicted molar refractivity (Wildman–Crippen MR) is 65.9 cm³/mol. The topological polar surface area (TPSA) is 68.5 Å². The van der Waals surface area contributed by atoms with E-state index < -0.39 is 6.09 Å². The largest absolute Gasteiger partial charge is 0.416 e. The first kappa shape index (κ1) is 11.2. The number of nitrogens with zero attached hydrogens (tertiary/aromatic N) is 2. The smallest absolute Gasteiger partial charge is 0.399 e. The van der Waals surface area contributed by atoms with Crippen LogP contribution in [-0.4, -0.2) is 30.1 Å². The molecule has 0 aliphatic heterocycles. The number of aromatic nitrogens is 1. The normalized spacial score (nSPS) is 10.2. The number of hydrogen-bond donors (Lipinski definition) is 1. The number of amides is 1. The van der Waals surface area contributed by atoms with E-state index in [9.17, 15) is 4.79 Å². The van der Waals surface area contributed by atoms with Crippen molar-refractivity contribution < 1.29 is 9.53 Å². The lowest BCUT2D eigenvalue weighted by Gasteiger charge is -2.10. The molecule has 5 nitrogen and oxygen atoms in total. The second-order valence-corrected chi connectivity index (χ2v) is 3.86. The molecule has 0 unspecified atom stereocenters. The van der Waals surface area contributed by atoms with Crippen molar-refractivity contribution in [1.29, 1.82) is 0 Å². The van der Waals surface area contributed by atoms with E-state index in [0.29, 0.717) is 5.69 Å². The number of rotatable bonds is 1. The summed E-state index contributed by atoms with van der Waals surface area (Å²) < 4.78 is 5.06. The minimum absolute atomic E-state index is 0.279. The average Bonchev–Trinajstić information content (AvgIpc) is 2.29. The minimum Gasteiger partial charge on any atom is -0.399 e. The van der Waals surface area contributed by atoms with Crippen LogP contribution < -0.4 is 10.5 Å². The highest BCUT2D eigenvalue weighted by atomic mass is 16.6. The van der Waals surface area contributed by atoms with Crippen molar-refractivity contribution in [3.63, 3.8) is 0 Å². The SMILES string of the molecule is CN(C)C(=O)Oc1ccc2cc(N)ccc2n1. The molecule has 0 bridgehead atoms. The molecule has 0 aliphatic carbocycles. The van der Waals surface area contributed by atoms with Crippen LogP contribution in [0.5, 0.6) is 5.88 Å². The molecule has 2 rings (SSSR count). The Labute approximate surface area is 98.8 Å². The third-order valence-electron chi connectivity index (χ3n) is 2.24. The van der Waals surface area contributed by atoms with Gasteiger partial charge < -0.3 is 15.4 Å². The number of pyridine rings is 1. The predicted octanol–water partition coefficient (Wildman–Crippen LogP) is 1.88. The van der Waals surface area contributed by atoms with Crippen molar-refractivity contribution in [2.24, 2.45) is 0 Å². The molecule has 0 radical (unpaired) electrons. The monoisotopic (exact) mass is 231 g/mol. The third-order valence-corrected chi connectivity index (χ3v) is 2.24. The van der Waals surface area contributed by atoms with E-state index in [0.717, 1.165) is 10.9 Å². The molecule has 0 aliphatic rings. The number of hydrogen-bond acceptors (Lipinski definition) is 4. The van der Waals surface area contributed by atoms with Crippen molar-refractivity contribution in [3.05, 3.63) is 30.3 Å². The number of anilines is 1. The fourth-order valence-electron chi connectivity index (χ4n) is 1.36. The lowest BCUT2D eigenvalue weighted by atomic mass is 10.2. The number of nitrogen functional groups attached to an aromatic ring is 1. The van der Waals surface area contributed by atoms with Gasteiger partial charge in [0.2, 0.25) is 5.88 Å².